The Hall–Kier alpha value is -3.30. The number of unbranched alkanes of at least 4 members (excludes halogenated alkanes) is 3. The summed E-state index contributed by atoms with van der Waals surface area (Å²) in [5.74, 6) is -1.49. The quantitative estimate of drug-likeness (QED) is 0.182. The van der Waals surface area contributed by atoms with E-state index in [0.717, 1.165) is 19.3 Å². The lowest BCUT2D eigenvalue weighted by molar-refractivity contribution is -0.145. The molecule has 0 aliphatic carbocycles. The van der Waals surface area contributed by atoms with Gasteiger partial charge < -0.3 is 30.1 Å². The van der Waals surface area contributed by atoms with Crippen LogP contribution >= 0.6 is 0 Å². The molecule has 3 N–H and O–H groups in total. The van der Waals surface area contributed by atoms with Gasteiger partial charge in [-0.2, -0.15) is 0 Å². The van der Waals surface area contributed by atoms with Crippen LogP contribution in [-0.4, -0.2) is 65.2 Å². The van der Waals surface area contributed by atoms with Crippen molar-refractivity contribution in [2.45, 2.75) is 112 Å². The first-order valence-corrected chi connectivity index (χ1v) is 14.8. The van der Waals surface area contributed by atoms with Crippen molar-refractivity contribution in [1.29, 1.82) is 0 Å². The van der Waals surface area contributed by atoms with Gasteiger partial charge in [-0.1, -0.05) is 52.5 Å². The zero-order chi connectivity index (χ0) is 31.2. The van der Waals surface area contributed by atoms with Crippen molar-refractivity contribution < 1.29 is 33.8 Å². The second-order valence-electron chi connectivity index (χ2n) is 11.4. The van der Waals surface area contributed by atoms with Crippen molar-refractivity contribution in [3.63, 3.8) is 0 Å². The van der Waals surface area contributed by atoms with Crippen LogP contribution in [0.4, 0.5) is 4.79 Å². The van der Waals surface area contributed by atoms with Gasteiger partial charge in [0.05, 0.1) is 13.0 Å². The number of phenolic OH excluding ortho intramolecular Hbond substituents is 1. The molecule has 1 rings (SSSR count). The molecular weight excluding hydrogens is 526 g/mol. The SMILES string of the molecule is CCCCCCN(C(=O)C(NC(=O)OC(C)(C)C)C(C)CC)C(C(=O)NCCC(=O)OCC)c1ccc(O)c(C)c1. The number of amides is 3. The lowest BCUT2D eigenvalue weighted by Gasteiger charge is -2.36. The van der Waals surface area contributed by atoms with E-state index in [2.05, 4.69) is 17.6 Å². The zero-order valence-electron chi connectivity index (χ0n) is 26.2. The number of phenols is 1. The van der Waals surface area contributed by atoms with E-state index in [1.807, 2.05) is 13.8 Å². The topological polar surface area (TPSA) is 134 Å². The van der Waals surface area contributed by atoms with Crippen LogP contribution in [0.5, 0.6) is 5.75 Å². The number of alkyl carbamates (subject to hydrolysis) is 1. The monoisotopic (exact) mass is 577 g/mol. The summed E-state index contributed by atoms with van der Waals surface area (Å²) in [6.07, 6.45) is 3.37. The van der Waals surface area contributed by atoms with Crippen LogP contribution < -0.4 is 10.6 Å². The third-order valence-corrected chi connectivity index (χ3v) is 6.72. The summed E-state index contributed by atoms with van der Waals surface area (Å²) in [5, 5.41) is 15.7. The van der Waals surface area contributed by atoms with Gasteiger partial charge in [-0.05, 0) is 70.2 Å². The van der Waals surface area contributed by atoms with E-state index in [1.54, 1.807) is 46.8 Å². The number of carbonyl (C=O) groups excluding carboxylic acids is 4. The summed E-state index contributed by atoms with van der Waals surface area (Å²) in [4.78, 5) is 54.2. The molecule has 0 aromatic heterocycles. The molecule has 10 heteroatoms. The van der Waals surface area contributed by atoms with Gasteiger partial charge in [-0.15, -0.1) is 0 Å². The van der Waals surface area contributed by atoms with Crippen LogP contribution in [0, 0.1) is 12.8 Å². The van der Waals surface area contributed by atoms with Crippen LogP contribution in [0.2, 0.25) is 0 Å². The standard InChI is InChI=1S/C31H51N3O7/c1-9-12-13-14-19-34(29(38)26(21(4)10-2)33-30(39)41-31(6,7)8)27(23-15-16-24(35)22(5)20-23)28(37)32-18-17-25(36)40-11-3/h15-16,20-21,26-27,35H,9-14,17-19H2,1-8H3,(H,32,37)(H,33,39). The van der Waals surface area contributed by atoms with Gasteiger partial charge in [-0.25, -0.2) is 4.79 Å². The Kier molecular flexibility index (Phi) is 15.2. The van der Waals surface area contributed by atoms with Gasteiger partial charge in [-0.3, -0.25) is 14.4 Å². The first kappa shape index (κ1) is 35.7. The molecule has 232 valence electrons. The number of carbonyl (C=O) groups is 4. The number of hydrogen-bond acceptors (Lipinski definition) is 7. The molecule has 0 bridgehead atoms. The molecule has 3 atom stereocenters. The molecule has 0 aliphatic rings. The number of ether oxygens (including phenoxy) is 2. The predicted octanol–water partition coefficient (Wildman–Crippen LogP) is 5.16. The fraction of sp³-hybridized carbons (Fsp3) is 0.677. The predicted molar refractivity (Wildman–Crippen MR) is 158 cm³/mol. The number of aryl methyl sites for hydroxylation is 1. The first-order chi connectivity index (χ1) is 19.2. The molecule has 0 saturated heterocycles. The summed E-state index contributed by atoms with van der Waals surface area (Å²) in [7, 11) is 0. The zero-order valence-corrected chi connectivity index (χ0v) is 26.2. The summed E-state index contributed by atoms with van der Waals surface area (Å²) in [6.45, 7) is 15.1. The molecule has 0 heterocycles. The largest absolute Gasteiger partial charge is 0.508 e. The average molecular weight is 578 g/mol. The van der Waals surface area contributed by atoms with Gasteiger partial charge in [0.1, 0.15) is 23.4 Å². The van der Waals surface area contributed by atoms with Gasteiger partial charge >= 0.3 is 12.1 Å². The van der Waals surface area contributed by atoms with Crippen LogP contribution in [0.3, 0.4) is 0 Å². The third kappa shape index (κ3) is 12.4. The maximum Gasteiger partial charge on any atom is 0.408 e. The fourth-order valence-electron chi connectivity index (χ4n) is 4.31. The van der Waals surface area contributed by atoms with Crippen molar-refractivity contribution in [1.82, 2.24) is 15.5 Å². The van der Waals surface area contributed by atoms with Crippen molar-refractivity contribution in [3.8, 4) is 5.75 Å². The van der Waals surface area contributed by atoms with Gasteiger partial charge in [0.2, 0.25) is 11.8 Å². The summed E-state index contributed by atoms with van der Waals surface area (Å²) >= 11 is 0. The molecule has 1 aromatic rings. The van der Waals surface area contributed by atoms with E-state index in [4.69, 9.17) is 9.47 Å². The maximum absolute atomic E-state index is 14.3. The van der Waals surface area contributed by atoms with Crippen molar-refractivity contribution in [2.75, 3.05) is 19.7 Å². The van der Waals surface area contributed by atoms with Crippen molar-refractivity contribution in [2.24, 2.45) is 5.92 Å². The molecule has 0 aliphatic heterocycles. The summed E-state index contributed by atoms with van der Waals surface area (Å²) in [6, 6.07) is 2.79. The molecule has 1 aromatic carbocycles. The highest BCUT2D eigenvalue weighted by Crippen LogP contribution is 2.28. The number of rotatable bonds is 16. The third-order valence-electron chi connectivity index (χ3n) is 6.72. The number of hydrogen-bond donors (Lipinski definition) is 3. The molecule has 41 heavy (non-hydrogen) atoms. The highest BCUT2D eigenvalue weighted by molar-refractivity contribution is 5.92. The second kappa shape index (κ2) is 17.5. The minimum Gasteiger partial charge on any atom is -0.508 e. The molecule has 3 unspecified atom stereocenters. The molecule has 10 nitrogen and oxygen atoms in total. The highest BCUT2D eigenvalue weighted by Gasteiger charge is 2.38. The molecule has 0 saturated carbocycles. The molecule has 0 radical (unpaired) electrons. The van der Waals surface area contributed by atoms with E-state index >= 15 is 0 Å². The Morgan fingerprint density at radius 2 is 1.73 bits per heavy atom. The smallest absolute Gasteiger partial charge is 0.408 e. The molecular formula is C31H51N3O7. The van der Waals surface area contributed by atoms with E-state index in [9.17, 15) is 24.3 Å². The maximum atomic E-state index is 14.3. The normalized spacial score (nSPS) is 13.5. The number of benzene rings is 1. The Bertz CT molecular complexity index is 1010. The molecule has 0 fully saturated rings. The summed E-state index contributed by atoms with van der Waals surface area (Å²) in [5.41, 5.74) is 0.311. The van der Waals surface area contributed by atoms with E-state index in [0.29, 0.717) is 24.0 Å². The highest BCUT2D eigenvalue weighted by atomic mass is 16.6. The van der Waals surface area contributed by atoms with Crippen LogP contribution in [0.25, 0.3) is 0 Å². The molecule has 0 spiro atoms. The Morgan fingerprint density at radius 1 is 1.05 bits per heavy atom. The first-order valence-electron chi connectivity index (χ1n) is 14.8. The Balaban J connectivity index is 3.52. The lowest BCUT2D eigenvalue weighted by Crippen LogP contribution is -2.55. The van der Waals surface area contributed by atoms with Gasteiger partial charge in [0, 0.05) is 13.1 Å². The fourth-order valence-corrected chi connectivity index (χ4v) is 4.31. The lowest BCUT2D eigenvalue weighted by atomic mass is 9.95. The number of nitrogens with one attached hydrogen (secondary N) is 2. The van der Waals surface area contributed by atoms with Gasteiger partial charge in [0.15, 0.2) is 0 Å². The number of esters is 1. The van der Waals surface area contributed by atoms with Crippen LogP contribution in [0.15, 0.2) is 18.2 Å². The average Bonchev–Trinajstić information content (AvgIpc) is 2.89. The molecule has 3 amide bonds. The van der Waals surface area contributed by atoms with Crippen molar-refractivity contribution >= 4 is 23.9 Å². The summed E-state index contributed by atoms with van der Waals surface area (Å²) < 4.78 is 10.4. The Labute approximate surface area is 245 Å². The number of aromatic hydroxyl groups is 1. The minimum absolute atomic E-state index is 0.0129. The number of nitrogens with zero attached hydrogens (tertiary/aromatic N) is 1. The van der Waals surface area contributed by atoms with Crippen molar-refractivity contribution in [3.05, 3.63) is 29.3 Å². The Morgan fingerprint density at radius 3 is 2.29 bits per heavy atom. The second-order valence-corrected chi connectivity index (χ2v) is 11.4. The van der Waals surface area contributed by atoms with Gasteiger partial charge in [0.25, 0.3) is 0 Å². The minimum atomic E-state index is -1.06. The van der Waals surface area contributed by atoms with E-state index in [-0.39, 0.29) is 37.8 Å². The van der Waals surface area contributed by atoms with Crippen LogP contribution in [-0.2, 0) is 23.9 Å². The van der Waals surface area contributed by atoms with E-state index in [1.165, 1.54) is 11.0 Å². The van der Waals surface area contributed by atoms with Crippen LogP contribution in [0.1, 0.15) is 104 Å². The van der Waals surface area contributed by atoms with E-state index < -0.39 is 41.6 Å².